The zero-order valence-electron chi connectivity index (χ0n) is 11.2. The van der Waals surface area contributed by atoms with Crippen LogP contribution in [0, 0.1) is 10.1 Å². The van der Waals surface area contributed by atoms with Crippen LogP contribution in [0.15, 0.2) is 30.7 Å². The van der Waals surface area contributed by atoms with Crippen molar-refractivity contribution in [2.45, 2.75) is 20.1 Å². The van der Waals surface area contributed by atoms with Crippen molar-refractivity contribution >= 4 is 11.7 Å². The number of carbonyl (C=O) groups is 1. The molecule has 1 N–H and O–H groups in total. The summed E-state index contributed by atoms with van der Waals surface area (Å²) >= 11 is 0. The molecule has 1 heterocycles. The monoisotopic (exact) mass is 291 g/mol. The summed E-state index contributed by atoms with van der Waals surface area (Å²) in [5, 5.41) is 19.8. The summed E-state index contributed by atoms with van der Waals surface area (Å²) in [4.78, 5) is 25.0. The molecule has 0 amide bonds. The molecule has 2 rings (SSSR count). The fourth-order valence-electron chi connectivity index (χ4n) is 1.85. The number of benzene rings is 1. The maximum atomic E-state index is 11.0. The number of nitrogens with zero attached hydrogens (tertiary/aromatic N) is 3. The van der Waals surface area contributed by atoms with Gasteiger partial charge in [-0.1, -0.05) is 0 Å². The van der Waals surface area contributed by atoms with E-state index in [2.05, 4.69) is 4.98 Å². The first-order valence-corrected chi connectivity index (χ1v) is 6.16. The Morgan fingerprint density at radius 2 is 2.29 bits per heavy atom. The number of nitro groups is 1. The molecule has 0 saturated carbocycles. The molecule has 2 aromatic rings. The maximum Gasteiger partial charge on any atom is 0.342 e. The van der Waals surface area contributed by atoms with Crippen molar-refractivity contribution in [2.24, 2.45) is 0 Å². The number of aryl methyl sites for hydroxylation is 1. The number of imidazole rings is 1. The Labute approximate surface area is 119 Å². The standard InChI is InChI=1S/C13H13N3O5/c1-2-15-8-14-6-9(15)7-21-10-3-4-12(16(19)20)11(5-10)13(17)18/h3-6,8H,2,7H2,1H3,(H,17,18). The molecule has 0 fully saturated rings. The van der Waals surface area contributed by atoms with E-state index in [4.69, 9.17) is 9.84 Å². The lowest BCUT2D eigenvalue weighted by Gasteiger charge is -2.08. The SMILES string of the molecule is CCn1cncc1COc1ccc([N+](=O)[O-])c(C(=O)O)c1. The van der Waals surface area contributed by atoms with Crippen LogP contribution in [-0.2, 0) is 13.2 Å². The van der Waals surface area contributed by atoms with E-state index in [1.807, 2.05) is 11.5 Å². The van der Waals surface area contributed by atoms with E-state index in [1.165, 1.54) is 6.07 Å². The molecule has 0 bridgehead atoms. The molecule has 8 nitrogen and oxygen atoms in total. The van der Waals surface area contributed by atoms with Crippen LogP contribution >= 0.6 is 0 Å². The molecular weight excluding hydrogens is 278 g/mol. The van der Waals surface area contributed by atoms with Crippen molar-refractivity contribution in [3.8, 4) is 5.75 Å². The van der Waals surface area contributed by atoms with E-state index in [9.17, 15) is 14.9 Å². The maximum absolute atomic E-state index is 11.0. The number of nitro benzene ring substituents is 1. The number of ether oxygens (including phenoxy) is 1. The molecule has 0 atom stereocenters. The van der Waals surface area contributed by atoms with Crippen molar-refractivity contribution in [1.82, 2.24) is 9.55 Å². The highest BCUT2D eigenvalue weighted by Crippen LogP contribution is 2.24. The third-order valence-electron chi connectivity index (χ3n) is 2.92. The van der Waals surface area contributed by atoms with Gasteiger partial charge in [0.2, 0.25) is 0 Å². The molecule has 1 aromatic carbocycles. The number of rotatable bonds is 6. The van der Waals surface area contributed by atoms with Crippen molar-refractivity contribution in [3.63, 3.8) is 0 Å². The number of aromatic carboxylic acids is 1. The third kappa shape index (κ3) is 3.16. The molecule has 0 aliphatic carbocycles. The van der Waals surface area contributed by atoms with Crippen LogP contribution in [0.1, 0.15) is 23.0 Å². The zero-order valence-corrected chi connectivity index (χ0v) is 11.2. The van der Waals surface area contributed by atoms with Gasteiger partial charge >= 0.3 is 5.97 Å². The van der Waals surface area contributed by atoms with Crippen molar-refractivity contribution in [2.75, 3.05) is 0 Å². The topological polar surface area (TPSA) is 107 Å². The average molecular weight is 291 g/mol. The predicted octanol–water partition coefficient (Wildman–Crippen LogP) is 2.09. The van der Waals surface area contributed by atoms with E-state index in [0.29, 0.717) is 0 Å². The molecular formula is C13H13N3O5. The first kappa shape index (κ1) is 14.5. The van der Waals surface area contributed by atoms with Crippen LogP contribution in [0.4, 0.5) is 5.69 Å². The minimum absolute atomic E-state index is 0.199. The van der Waals surface area contributed by atoms with Crippen LogP contribution < -0.4 is 4.74 Å². The van der Waals surface area contributed by atoms with Crippen LogP contribution in [-0.4, -0.2) is 25.6 Å². The molecule has 0 saturated heterocycles. The summed E-state index contributed by atoms with van der Waals surface area (Å²) in [7, 11) is 0. The lowest BCUT2D eigenvalue weighted by Crippen LogP contribution is -2.06. The van der Waals surface area contributed by atoms with Crippen LogP contribution in [0.25, 0.3) is 0 Å². The van der Waals surface area contributed by atoms with E-state index >= 15 is 0 Å². The Morgan fingerprint density at radius 1 is 1.52 bits per heavy atom. The number of carboxylic acids is 1. The lowest BCUT2D eigenvalue weighted by molar-refractivity contribution is -0.385. The number of hydrogen-bond acceptors (Lipinski definition) is 5. The summed E-state index contributed by atoms with van der Waals surface area (Å²) < 4.78 is 7.35. The molecule has 1 aromatic heterocycles. The van der Waals surface area contributed by atoms with Crippen LogP contribution in [0.3, 0.4) is 0 Å². The molecule has 21 heavy (non-hydrogen) atoms. The third-order valence-corrected chi connectivity index (χ3v) is 2.92. The van der Waals surface area contributed by atoms with Gasteiger partial charge in [-0.2, -0.15) is 0 Å². The molecule has 0 aliphatic heterocycles. The summed E-state index contributed by atoms with van der Waals surface area (Å²) in [6.07, 6.45) is 3.31. The van der Waals surface area contributed by atoms with Gasteiger partial charge in [0.1, 0.15) is 17.9 Å². The first-order chi connectivity index (χ1) is 10.0. The van der Waals surface area contributed by atoms with Gasteiger partial charge in [-0.05, 0) is 13.0 Å². The number of carboxylic acid groups (broad SMARTS) is 1. The molecule has 0 radical (unpaired) electrons. The predicted molar refractivity (Wildman–Crippen MR) is 72.3 cm³/mol. The van der Waals surface area contributed by atoms with Crippen molar-refractivity contribution < 1.29 is 19.6 Å². The fourth-order valence-corrected chi connectivity index (χ4v) is 1.85. The van der Waals surface area contributed by atoms with Gasteiger partial charge in [0.25, 0.3) is 5.69 Å². The molecule has 0 aliphatic rings. The second-order valence-electron chi connectivity index (χ2n) is 4.20. The molecule has 0 spiro atoms. The second kappa shape index (κ2) is 6.04. The Hall–Kier alpha value is -2.90. The highest BCUT2D eigenvalue weighted by molar-refractivity contribution is 5.92. The second-order valence-corrected chi connectivity index (χ2v) is 4.20. The van der Waals surface area contributed by atoms with Crippen LogP contribution in [0.5, 0.6) is 5.75 Å². The van der Waals surface area contributed by atoms with E-state index in [1.54, 1.807) is 12.5 Å². The van der Waals surface area contributed by atoms with E-state index in [0.717, 1.165) is 24.4 Å². The average Bonchev–Trinajstić information content (AvgIpc) is 2.92. The molecule has 0 unspecified atom stereocenters. The Balaban J connectivity index is 2.19. The normalized spacial score (nSPS) is 10.3. The van der Waals surface area contributed by atoms with Crippen molar-refractivity contribution in [3.05, 3.63) is 52.1 Å². The van der Waals surface area contributed by atoms with Gasteiger partial charge in [0, 0.05) is 18.7 Å². The Bertz CT molecular complexity index is 680. The first-order valence-electron chi connectivity index (χ1n) is 6.16. The van der Waals surface area contributed by atoms with Crippen LogP contribution in [0.2, 0.25) is 0 Å². The highest BCUT2D eigenvalue weighted by atomic mass is 16.6. The minimum Gasteiger partial charge on any atom is -0.487 e. The van der Waals surface area contributed by atoms with Gasteiger partial charge in [0.15, 0.2) is 0 Å². The smallest absolute Gasteiger partial charge is 0.342 e. The molecule has 8 heteroatoms. The largest absolute Gasteiger partial charge is 0.487 e. The summed E-state index contributed by atoms with van der Waals surface area (Å²) in [5.41, 5.74) is -0.0392. The minimum atomic E-state index is -1.37. The fraction of sp³-hybridized carbons (Fsp3) is 0.231. The zero-order chi connectivity index (χ0) is 15.4. The lowest BCUT2D eigenvalue weighted by atomic mass is 10.1. The van der Waals surface area contributed by atoms with Gasteiger partial charge < -0.3 is 14.4 Å². The van der Waals surface area contributed by atoms with E-state index < -0.39 is 22.1 Å². The van der Waals surface area contributed by atoms with Gasteiger partial charge in [0.05, 0.1) is 23.1 Å². The number of hydrogen-bond donors (Lipinski definition) is 1. The Morgan fingerprint density at radius 3 is 2.90 bits per heavy atom. The number of aromatic nitrogens is 2. The highest BCUT2D eigenvalue weighted by Gasteiger charge is 2.20. The quantitative estimate of drug-likeness (QED) is 0.645. The van der Waals surface area contributed by atoms with E-state index in [-0.39, 0.29) is 12.4 Å². The van der Waals surface area contributed by atoms with Crippen molar-refractivity contribution in [1.29, 1.82) is 0 Å². The van der Waals surface area contributed by atoms with Gasteiger partial charge in [-0.25, -0.2) is 9.78 Å². The Kier molecular flexibility index (Phi) is 4.17. The summed E-state index contributed by atoms with van der Waals surface area (Å²) in [5.74, 6) is -1.12. The van der Waals surface area contributed by atoms with Gasteiger partial charge in [-0.15, -0.1) is 0 Å². The summed E-state index contributed by atoms with van der Waals surface area (Å²) in [6.45, 7) is 2.89. The van der Waals surface area contributed by atoms with Gasteiger partial charge in [-0.3, -0.25) is 10.1 Å². The summed E-state index contributed by atoms with van der Waals surface area (Å²) in [6, 6.07) is 3.64. The molecule has 110 valence electrons.